The van der Waals surface area contributed by atoms with Crippen molar-refractivity contribution >= 4 is 47.3 Å². The quantitative estimate of drug-likeness (QED) is 0.510. The van der Waals surface area contributed by atoms with Gasteiger partial charge < -0.3 is 4.90 Å². The summed E-state index contributed by atoms with van der Waals surface area (Å²) in [6.07, 6.45) is 1.61. The van der Waals surface area contributed by atoms with Gasteiger partial charge in [-0.3, -0.25) is 0 Å². The van der Waals surface area contributed by atoms with Gasteiger partial charge in [0.15, 0.2) is 5.82 Å². The van der Waals surface area contributed by atoms with Crippen molar-refractivity contribution < 1.29 is 0 Å². The van der Waals surface area contributed by atoms with E-state index in [0.29, 0.717) is 26.2 Å². The van der Waals surface area contributed by atoms with Crippen LogP contribution in [0.4, 0.5) is 5.69 Å². The van der Waals surface area contributed by atoms with E-state index in [2.05, 4.69) is 15.3 Å². The van der Waals surface area contributed by atoms with Gasteiger partial charge in [-0.1, -0.05) is 35.3 Å². The first-order valence-corrected chi connectivity index (χ1v) is 8.57. The number of halogens is 2. The highest BCUT2D eigenvalue weighted by atomic mass is 35.5. The summed E-state index contributed by atoms with van der Waals surface area (Å²) in [6.45, 7) is 0. The maximum absolute atomic E-state index is 6.19. The largest absolute Gasteiger partial charge is 0.378 e. The van der Waals surface area contributed by atoms with Gasteiger partial charge in [0.2, 0.25) is 4.77 Å². The molecule has 0 saturated heterocycles. The van der Waals surface area contributed by atoms with E-state index in [0.717, 1.165) is 11.3 Å². The molecule has 5 nitrogen and oxygen atoms in total. The summed E-state index contributed by atoms with van der Waals surface area (Å²) in [6, 6.07) is 13.3. The number of aromatic nitrogens is 3. The summed E-state index contributed by atoms with van der Waals surface area (Å²) >= 11 is 17.5. The van der Waals surface area contributed by atoms with Crippen LogP contribution in [0.1, 0.15) is 5.56 Å². The lowest BCUT2D eigenvalue weighted by Crippen LogP contribution is -2.08. The number of hydrogen-bond acceptors (Lipinski definition) is 4. The Morgan fingerprint density at radius 3 is 2.56 bits per heavy atom. The van der Waals surface area contributed by atoms with Gasteiger partial charge in [-0.2, -0.15) is 14.9 Å². The van der Waals surface area contributed by atoms with Crippen LogP contribution in [0, 0.1) is 4.77 Å². The minimum Gasteiger partial charge on any atom is -0.378 e. The van der Waals surface area contributed by atoms with E-state index in [-0.39, 0.29) is 0 Å². The second-order valence-corrected chi connectivity index (χ2v) is 6.66. The molecule has 8 heteroatoms. The van der Waals surface area contributed by atoms with E-state index in [4.69, 9.17) is 35.4 Å². The molecule has 128 valence electrons. The number of aromatic amines is 1. The maximum Gasteiger partial charge on any atom is 0.216 e. The fourth-order valence-corrected chi connectivity index (χ4v) is 2.77. The van der Waals surface area contributed by atoms with Gasteiger partial charge in [0.25, 0.3) is 0 Å². The monoisotopic (exact) mass is 391 g/mol. The van der Waals surface area contributed by atoms with Crippen LogP contribution in [-0.4, -0.2) is 35.2 Å². The zero-order valence-electron chi connectivity index (χ0n) is 13.6. The van der Waals surface area contributed by atoms with Crippen molar-refractivity contribution in [2.24, 2.45) is 5.10 Å². The van der Waals surface area contributed by atoms with Gasteiger partial charge in [0.1, 0.15) is 0 Å². The van der Waals surface area contributed by atoms with Crippen LogP contribution in [0.3, 0.4) is 0 Å². The van der Waals surface area contributed by atoms with Gasteiger partial charge in [0, 0.05) is 30.9 Å². The molecule has 0 unspecified atom stereocenters. The number of hydrogen-bond donors (Lipinski definition) is 1. The smallest absolute Gasteiger partial charge is 0.216 e. The van der Waals surface area contributed by atoms with Crippen LogP contribution in [0.2, 0.25) is 10.0 Å². The number of anilines is 1. The molecule has 0 saturated carbocycles. The first kappa shape index (κ1) is 17.7. The lowest BCUT2D eigenvalue weighted by Gasteiger charge is -2.12. The van der Waals surface area contributed by atoms with Crippen molar-refractivity contribution in [2.75, 3.05) is 19.0 Å². The number of benzene rings is 2. The van der Waals surface area contributed by atoms with Gasteiger partial charge >= 0.3 is 0 Å². The first-order chi connectivity index (χ1) is 12.0. The fraction of sp³-hybridized carbons (Fsp3) is 0.118. The van der Waals surface area contributed by atoms with E-state index in [1.807, 2.05) is 55.4 Å². The SMILES string of the molecule is CN(C)c1ccc(-c2n[nH]c(=S)n2/N=C/c2cccc(Cl)c2Cl)cc1. The third-order valence-electron chi connectivity index (χ3n) is 3.59. The van der Waals surface area contributed by atoms with Gasteiger partial charge in [-0.15, -0.1) is 0 Å². The Labute approximate surface area is 160 Å². The van der Waals surface area contributed by atoms with Crippen LogP contribution < -0.4 is 4.90 Å². The molecule has 0 radical (unpaired) electrons. The van der Waals surface area contributed by atoms with Crippen molar-refractivity contribution in [3.8, 4) is 11.4 Å². The highest BCUT2D eigenvalue weighted by molar-refractivity contribution is 7.71. The third-order valence-corrected chi connectivity index (χ3v) is 4.68. The molecule has 0 bridgehead atoms. The minimum atomic E-state index is 0.390. The second-order valence-electron chi connectivity index (χ2n) is 5.49. The van der Waals surface area contributed by atoms with Crippen molar-refractivity contribution in [3.05, 3.63) is 62.8 Å². The fourth-order valence-electron chi connectivity index (χ4n) is 2.23. The van der Waals surface area contributed by atoms with Crippen LogP contribution in [0.15, 0.2) is 47.6 Å². The first-order valence-electron chi connectivity index (χ1n) is 7.41. The molecule has 0 aliphatic carbocycles. The molecule has 1 N–H and O–H groups in total. The summed E-state index contributed by atoms with van der Waals surface area (Å²) in [5.74, 6) is 0.615. The van der Waals surface area contributed by atoms with Gasteiger partial charge in [-0.05, 0) is 42.5 Å². The summed E-state index contributed by atoms with van der Waals surface area (Å²) in [4.78, 5) is 2.03. The Kier molecular flexibility index (Phi) is 5.22. The highest BCUT2D eigenvalue weighted by Gasteiger charge is 2.09. The van der Waals surface area contributed by atoms with E-state index in [9.17, 15) is 0 Å². The van der Waals surface area contributed by atoms with Crippen molar-refractivity contribution in [1.29, 1.82) is 0 Å². The maximum atomic E-state index is 6.19. The molecule has 0 atom stereocenters. The van der Waals surface area contributed by atoms with Crippen LogP contribution in [-0.2, 0) is 0 Å². The minimum absolute atomic E-state index is 0.390. The van der Waals surface area contributed by atoms with E-state index in [1.54, 1.807) is 17.0 Å². The zero-order chi connectivity index (χ0) is 18.0. The number of rotatable bonds is 4. The molecule has 1 aromatic heterocycles. The molecule has 0 spiro atoms. The van der Waals surface area contributed by atoms with E-state index >= 15 is 0 Å². The predicted molar refractivity (Wildman–Crippen MR) is 107 cm³/mol. The molecule has 1 heterocycles. The Bertz CT molecular complexity index is 973. The Morgan fingerprint density at radius 1 is 1.16 bits per heavy atom. The van der Waals surface area contributed by atoms with Gasteiger partial charge in [0.05, 0.1) is 16.3 Å². The summed E-state index contributed by atoms with van der Waals surface area (Å²) in [5, 5.41) is 12.4. The lowest BCUT2D eigenvalue weighted by molar-refractivity contribution is 0.871. The second kappa shape index (κ2) is 7.39. The molecular weight excluding hydrogens is 377 g/mol. The average Bonchev–Trinajstić information content (AvgIpc) is 2.97. The van der Waals surface area contributed by atoms with Crippen molar-refractivity contribution in [3.63, 3.8) is 0 Å². The number of H-pyrrole nitrogens is 1. The summed E-state index contributed by atoms with van der Waals surface area (Å²) < 4.78 is 1.94. The van der Waals surface area contributed by atoms with Crippen LogP contribution >= 0.6 is 35.4 Å². The molecule has 0 aliphatic heterocycles. The molecule has 25 heavy (non-hydrogen) atoms. The Morgan fingerprint density at radius 2 is 1.88 bits per heavy atom. The highest BCUT2D eigenvalue weighted by Crippen LogP contribution is 2.25. The van der Waals surface area contributed by atoms with Crippen LogP contribution in [0.25, 0.3) is 11.4 Å². The molecule has 2 aromatic carbocycles. The Balaban J connectivity index is 1.98. The molecule has 0 fully saturated rings. The number of nitrogens with zero attached hydrogens (tertiary/aromatic N) is 4. The predicted octanol–water partition coefficient (Wildman–Crippen LogP) is 4.86. The Hall–Kier alpha value is -2.15. The van der Waals surface area contributed by atoms with Gasteiger partial charge in [-0.25, -0.2) is 5.10 Å². The molecule has 3 rings (SSSR count). The lowest BCUT2D eigenvalue weighted by atomic mass is 10.2. The van der Waals surface area contributed by atoms with Crippen LogP contribution in [0.5, 0.6) is 0 Å². The average molecular weight is 392 g/mol. The van der Waals surface area contributed by atoms with E-state index < -0.39 is 0 Å². The summed E-state index contributed by atoms with van der Waals surface area (Å²) in [5.41, 5.74) is 2.69. The molecule has 0 aliphatic rings. The van der Waals surface area contributed by atoms with Crippen molar-refractivity contribution in [1.82, 2.24) is 14.9 Å². The molecule has 0 amide bonds. The molecular formula is C17H15Cl2N5S. The molecule has 3 aromatic rings. The normalized spacial score (nSPS) is 11.2. The topological polar surface area (TPSA) is 49.2 Å². The number of nitrogens with one attached hydrogen (secondary N) is 1. The van der Waals surface area contributed by atoms with Crippen molar-refractivity contribution in [2.45, 2.75) is 0 Å². The zero-order valence-corrected chi connectivity index (χ0v) is 15.9. The van der Waals surface area contributed by atoms with E-state index in [1.165, 1.54) is 0 Å². The standard InChI is InChI=1S/C17H15Cl2N5S/c1-23(2)13-8-6-11(7-9-13)16-21-22-17(25)24(16)20-10-12-4-3-5-14(18)15(12)19/h3-10H,1-2H3,(H,22,25)/b20-10+. The summed E-state index contributed by atoms with van der Waals surface area (Å²) in [7, 11) is 3.98. The third kappa shape index (κ3) is 3.76.